The predicted octanol–water partition coefficient (Wildman–Crippen LogP) is 3.09. The van der Waals surface area contributed by atoms with Gasteiger partial charge in [-0.25, -0.2) is 0 Å². The van der Waals surface area contributed by atoms with Crippen LogP contribution in [0.4, 0.5) is 0 Å². The van der Waals surface area contributed by atoms with Gasteiger partial charge in [-0.2, -0.15) is 0 Å². The Kier molecular flexibility index (Phi) is 5.45. The molecule has 0 saturated carbocycles. The maximum Gasteiger partial charge on any atom is 0.290 e. The van der Waals surface area contributed by atoms with E-state index < -0.39 is 5.60 Å². The van der Waals surface area contributed by atoms with Crippen molar-refractivity contribution >= 4 is 5.91 Å². The average molecular weight is 317 g/mol. The lowest BCUT2D eigenvalue weighted by Crippen LogP contribution is -2.42. The first-order valence-electron chi connectivity index (χ1n) is 7.66. The molecular formula is C18H23NO4. The van der Waals surface area contributed by atoms with Crippen LogP contribution in [-0.4, -0.2) is 34.6 Å². The maximum absolute atomic E-state index is 12.6. The van der Waals surface area contributed by atoms with E-state index in [9.17, 15) is 9.90 Å². The molecule has 2 aromatic rings. The molecule has 1 heterocycles. The average Bonchev–Trinajstić information content (AvgIpc) is 2.98. The molecule has 1 aromatic carbocycles. The summed E-state index contributed by atoms with van der Waals surface area (Å²) in [6.45, 7) is 6.19. The zero-order valence-corrected chi connectivity index (χ0v) is 13.8. The summed E-state index contributed by atoms with van der Waals surface area (Å²) in [7, 11) is 0. The summed E-state index contributed by atoms with van der Waals surface area (Å²) >= 11 is 0. The fraction of sp³-hybridized carbons (Fsp3) is 0.389. The maximum atomic E-state index is 12.6. The molecule has 0 saturated heterocycles. The SMILES string of the molecule is CCN(CC(C)(C)O)C(=O)c1occc1COc1ccccc1. The second-order valence-corrected chi connectivity index (χ2v) is 6.01. The zero-order chi connectivity index (χ0) is 16.9. The number of benzene rings is 1. The summed E-state index contributed by atoms with van der Waals surface area (Å²) in [6, 6.07) is 11.1. The van der Waals surface area contributed by atoms with E-state index in [0.717, 1.165) is 5.75 Å². The molecule has 0 bridgehead atoms. The van der Waals surface area contributed by atoms with E-state index in [1.54, 1.807) is 24.8 Å². The topological polar surface area (TPSA) is 62.9 Å². The lowest BCUT2D eigenvalue weighted by Gasteiger charge is -2.27. The third kappa shape index (κ3) is 4.86. The van der Waals surface area contributed by atoms with Crippen molar-refractivity contribution in [2.75, 3.05) is 13.1 Å². The molecule has 0 atom stereocenters. The minimum Gasteiger partial charge on any atom is -0.489 e. The van der Waals surface area contributed by atoms with E-state index in [-0.39, 0.29) is 24.8 Å². The molecule has 0 aliphatic rings. The van der Waals surface area contributed by atoms with E-state index in [1.165, 1.54) is 6.26 Å². The van der Waals surface area contributed by atoms with Crippen LogP contribution in [0.25, 0.3) is 0 Å². The minimum absolute atomic E-state index is 0.238. The van der Waals surface area contributed by atoms with Gasteiger partial charge in [-0.15, -0.1) is 0 Å². The first-order chi connectivity index (χ1) is 10.9. The third-order valence-electron chi connectivity index (χ3n) is 3.33. The number of aliphatic hydroxyl groups is 1. The molecule has 23 heavy (non-hydrogen) atoms. The summed E-state index contributed by atoms with van der Waals surface area (Å²) in [4.78, 5) is 14.2. The van der Waals surface area contributed by atoms with Gasteiger partial charge in [0.1, 0.15) is 12.4 Å². The number of rotatable bonds is 7. The van der Waals surface area contributed by atoms with Crippen molar-refractivity contribution < 1.29 is 19.1 Å². The van der Waals surface area contributed by atoms with Gasteiger partial charge < -0.3 is 19.2 Å². The molecule has 0 aliphatic carbocycles. The van der Waals surface area contributed by atoms with Crippen LogP contribution in [0.3, 0.4) is 0 Å². The van der Waals surface area contributed by atoms with Crippen molar-refractivity contribution in [1.82, 2.24) is 4.90 Å². The first-order valence-corrected chi connectivity index (χ1v) is 7.66. The van der Waals surface area contributed by atoms with Gasteiger partial charge in [0.25, 0.3) is 5.91 Å². The Morgan fingerprint density at radius 3 is 2.57 bits per heavy atom. The minimum atomic E-state index is -0.959. The van der Waals surface area contributed by atoms with E-state index in [4.69, 9.17) is 9.15 Å². The van der Waals surface area contributed by atoms with Gasteiger partial charge in [-0.3, -0.25) is 4.79 Å². The molecule has 1 amide bonds. The Hall–Kier alpha value is -2.27. The van der Waals surface area contributed by atoms with Crippen LogP contribution >= 0.6 is 0 Å². The van der Waals surface area contributed by atoms with Gasteiger partial charge in [0.05, 0.1) is 11.9 Å². The summed E-state index contributed by atoms with van der Waals surface area (Å²) in [5.41, 5.74) is -0.271. The molecule has 0 radical (unpaired) electrons. The number of furan rings is 1. The Morgan fingerprint density at radius 2 is 1.96 bits per heavy atom. The first kappa shape index (κ1) is 17.1. The Morgan fingerprint density at radius 1 is 1.26 bits per heavy atom. The zero-order valence-electron chi connectivity index (χ0n) is 13.8. The molecule has 5 nitrogen and oxygen atoms in total. The van der Waals surface area contributed by atoms with E-state index in [1.807, 2.05) is 37.3 Å². The van der Waals surface area contributed by atoms with Crippen molar-refractivity contribution in [3.05, 3.63) is 54.0 Å². The van der Waals surface area contributed by atoms with Gasteiger partial charge in [-0.05, 0) is 39.0 Å². The molecule has 1 aromatic heterocycles. The number of hydrogen-bond donors (Lipinski definition) is 1. The number of para-hydroxylation sites is 1. The summed E-state index contributed by atoms with van der Waals surface area (Å²) < 4.78 is 11.0. The van der Waals surface area contributed by atoms with E-state index >= 15 is 0 Å². The van der Waals surface area contributed by atoms with Gasteiger partial charge in [0, 0.05) is 18.7 Å². The Bertz CT molecular complexity index is 628. The second kappa shape index (κ2) is 7.33. The fourth-order valence-corrected chi connectivity index (χ4v) is 2.25. The molecule has 1 N–H and O–H groups in total. The predicted molar refractivity (Wildman–Crippen MR) is 87.4 cm³/mol. The molecule has 0 aliphatic heterocycles. The van der Waals surface area contributed by atoms with E-state index in [2.05, 4.69) is 0 Å². The van der Waals surface area contributed by atoms with E-state index in [0.29, 0.717) is 12.1 Å². The largest absolute Gasteiger partial charge is 0.489 e. The standard InChI is InChI=1S/C18H23NO4/c1-4-19(13-18(2,3)21)17(20)16-14(10-11-22-16)12-23-15-8-6-5-7-9-15/h5-11,21H,4,12-13H2,1-3H3. The highest BCUT2D eigenvalue weighted by Crippen LogP contribution is 2.18. The highest BCUT2D eigenvalue weighted by atomic mass is 16.5. The van der Waals surface area contributed by atoms with Crippen LogP contribution in [0.5, 0.6) is 5.75 Å². The Balaban J connectivity index is 2.08. The van der Waals surface area contributed by atoms with Crippen molar-refractivity contribution in [1.29, 1.82) is 0 Å². The quantitative estimate of drug-likeness (QED) is 0.852. The van der Waals surface area contributed by atoms with Crippen LogP contribution in [0, 0.1) is 0 Å². The van der Waals surface area contributed by atoms with Crippen molar-refractivity contribution in [3.8, 4) is 5.75 Å². The van der Waals surface area contributed by atoms with Gasteiger partial charge in [0.15, 0.2) is 5.76 Å². The molecule has 5 heteroatoms. The molecule has 124 valence electrons. The Labute approximate surface area is 136 Å². The van der Waals surface area contributed by atoms with Crippen LogP contribution in [0.2, 0.25) is 0 Å². The van der Waals surface area contributed by atoms with Gasteiger partial charge >= 0.3 is 0 Å². The number of hydrogen-bond acceptors (Lipinski definition) is 4. The normalized spacial score (nSPS) is 11.3. The molecular weight excluding hydrogens is 294 g/mol. The lowest BCUT2D eigenvalue weighted by atomic mass is 10.1. The fourth-order valence-electron chi connectivity index (χ4n) is 2.25. The summed E-state index contributed by atoms with van der Waals surface area (Å²) in [6.07, 6.45) is 1.48. The number of likely N-dealkylation sites (N-methyl/N-ethyl adjacent to an activating group) is 1. The number of carbonyl (C=O) groups excluding carboxylic acids is 1. The van der Waals surface area contributed by atoms with Crippen LogP contribution in [0.1, 0.15) is 36.9 Å². The smallest absolute Gasteiger partial charge is 0.290 e. The van der Waals surface area contributed by atoms with Gasteiger partial charge in [-0.1, -0.05) is 18.2 Å². The highest BCUT2D eigenvalue weighted by Gasteiger charge is 2.26. The molecule has 0 spiro atoms. The van der Waals surface area contributed by atoms with Gasteiger partial charge in [0.2, 0.25) is 0 Å². The van der Waals surface area contributed by atoms with Crippen molar-refractivity contribution in [3.63, 3.8) is 0 Å². The van der Waals surface area contributed by atoms with Crippen LogP contribution in [-0.2, 0) is 6.61 Å². The summed E-state index contributed by atoms with van der Waals surface area (Å²) in [5, 5.41) is 9.94. The molecule has 0 fully saturated rings. The lowest BCUT2D eigenvalue weighted by molar-refractivity contribution is 0.0297. The highest BCUT2D eigenvalue weighted by molar-refractivity contribution is 5.93. The summed E-state index contributed by atoms with van der Waals surface area (Å²) in [5.74, 6) is 0.745. The van der Waals surface area contributed by atoms with Crippen LogP contribution in [0.15, 0.2) is 47.1 Å². The number of carbonyl (C=O) groups is 1. The van der Waals surface area contributed by atoms with Crippen molar-refractivity contribution in [2.24, 2.45) is 0 Å². The molecule has 2 rings (SSSR count). The van der Waals surface area contributed by atoms with Crippen molar-refractivity contribution in [2.45, 2.75) is 33.0 Å². The third-order valence-corrected chi connectivity index (χ3v) is 3.33. The monoisotopic (exact) mass is 317 g/mol. The molecule has 0 unspecified atom stereocenters. The number of nitrogens with zero attached hydrogens (tertiary/aromatic N) is 1. The second-order valence-electron chi connectivity index (χ2n) is 6.01. The number of ether oxygens (including phenoxy) is 1. The van der Waals surface area contributed by atoms with Crippen LogP contribution < -0.4 is 4.74 Å². The number of amides is 1.